The Balaban J connectivity index is 2.39. The molecule has 2 aromatic rings. The topological polar surface area (TPSA) is 38.7 Å². The molecule has 2 aromatic carbocycles. The van der Waals surface area contributed by atoms with E-state index >= 15 is 0 Å². The predicted molar refractivity (Wildman–Crippen MR) is 56.6 cm³/mol. The van der Waals surface area contributed by atoms with Crippen molar-refractivity contribution in [2.45, 2.75) is 0 Å². The number of phenolic OH excluding ortho intramolecular Hbond substituents is 1. The summed E-state index contributed by atoms with van der Waals surface area (Å²) in [7, 11) is 0. The molecule has 0 amide bonds. The Kier molecular flexibility index (Phi) is 1.71. The minimum atomic E-state index is 0.231. The highest BCUT2D eigenvalue weighted by molar-refractivity contribution is 5.95. The number of ether oxygens (including phenoxy) is 2. The third kappa shape index (κ3) is 1.20. The van der Waals surface area contributed by atoms with E-state index in [0.717, 1.165) is 16.5 Å². The van der Waals surface area contributed by atoms with Crippen molar-refractivity contribution >= 4 is 10.8 Å². The quantitative estimate of drug-likeness (QED) is 0.712. The van der Waals surface area contributed by atoms with Gasteiger partial charge in [-0.2, -0.15) is 0 Å². The van der Waals surface area contributed by atoms with Gasteiger partial charge in [0.1, 0.15) is 19.0 Å². The molecule has 0 aromatic heterocycles. The Labute approximate surface area is 86.9 Å². The summed E-state index contributed by atoms with van der Waals surface area (Å²) < 4.78 is 11.0. The molecule has 0 saturated carbocycles. The van der Waals surface area contributed by atoms with Gasteiger partial charge in [-0.25, -0.2) is 0 Å². The molecule has 0 saturated heterocycles. The lowest BCUT2D eigenvalue weighted by Gasteiger charge is -2.20. The number of aromatic hydroxyl groups is 1. The number of hydrogen-bond acceptors (Lipinski definition) is 3. The summed E-state index contributed by atoms with van der Waals surface area (Å²) in [5.41, 5.74) is 0. The standard InChI is InChI=1S/C12H10O3/c13-10-7-11-12(15-6-5-14-11)9-4-2-1-3-8(9)10/h1-4,7,13H,5-6H2. The number of fused-ring (bicyclic) bond motifs is 3. The van der Waals surface area contributed by atoms with Crippen LogP contribution < -0.4 is 9.47 Å². The Hall–Kier alpha value is -1.90. The third-order valence-corrected chi connectivity index (χ3v) is 2.53. The lowest BCUT2D eigenvalue weighted by Crippen LogP contribution is -2.15. The molecule has 15 heavy (non-hydrogen) atoms. The van der Waals surface area contributed by atoms with Crippen LogP contribution in [0.1, 0.15) is 0 Å². The Bertz CT molecular complexity index is 520. The maximum absolute atomic E-state index is 9.79. The van der Waals surface area contributed by atoms with Crippen LogP contribution >= 0.6 is 0 Å². The van der Waals surface area contributed by atoms with E-state index in [1.165, 1.54) is 0 Å². The van der Waals surface area contributed by atoms with Crippen LogP contribution in [0.25, 0.3) is 10.8 Å². The summed E-state index contributed by atoms with van der Waals surface area (Å²) in [5.74, 6) is 1.59. The van der Waals surface area contributed by atoms with Gasteiger partial charge in [-0.3, -0.25) is 0 Å². The fraction of sp³-hybridized carbons (Fsp3) is 0.167. The molecule has 0 spiro atoms. The Morgan fingerprint density at radius 1 is 1.00 bits per heavy atom. The van der Waals surface area contributed by atoms with Gasteiger partial charge in [0.15, 0.2) is 11.5 Å². The monoisotopic (exact) mass is 202 g/mol. The molecule has 76 valence electrons. The van der Waals surface area contributed by atoms with E-state index in [4.69, 9.17) is 9.47 Å². The van der Waals surface area contributed by atoms with Crippen molar-refractivity contribution in [3.63, 3.8) is 0 Å². The molecule has 1 N–H and O–H groups in total. The fourth-order valence-corrected chi connectivity index (χ4v) is 1.86. The highest BCUT2D eigenvalue weighted by Gasteiger charge is 2.17. The summed E-state index contributed by atoms with van der Waals surface area (Å²) in [6.45, 7) is 1.09. The van der Waals surface area contributed by atoms with E-state index in [-0.39, 0.29) is 5.75 Å². The minimum absolute atomic E-state index is 0.231. The van der Waals surface area contributed by atoms with Crippen molar-refractivity contribution in [1.29, 1.82) is 0 Å². The maximum Gasteiger partial charge on any atom is 0.169 e. The zero-order chi connectivity index (χ0) is 10.3. The van der Waals surface area contributed by atoms with Crippen molar-refractivity contribution < 1.29 is 14.6 Å². The smallest absolute Gasteiger partial charge is 0.169 e. The summed E-state index contributed by atoms with van der Waals surface area (Å²) in [5, 5.41) is 11.5. The molecule has 3 rings (SSSR count). The zero-order valence-electron chi connectivity index (χ0n) is 8.06. The van der Waals surface area contributed by atoms with Gasteiger partial charge in [0.25, 0.3) is 0 Å². The molecule has 1 aliphatic rings. The van der Waals surface area contributed by atoms with Crippen LogP contribution in [-0.2, 0) is 0 Å². The maximum atomic E-state index is 9.79. The molecule has 0 atom stereocenters. The van der Waals surface area contributed by atoms with Crippen molar-refractivity contribution in [2.24, 2.45) is 0 Å². The summed E-state index contributed by atoms with van der Waals surface area (Å²) in [6, 6.07) is 9.19. The van der Waals surface area contributed by atoms with Crippen LogP contribution in [0.5, 0.6) is 17.2 Å². The van der Waals surface area contributed by atoms with Crippen molar-refractivity contribution in [3.05, 3.63) is 30.3 Å². The highest BCUT2D eigenvalue weighted by Crippen LogP contribution is 2.42. The SMILES string of the molecule is Oc1cc2c(c3ccccc13)OCCO2. The van der Waals surface area contributed by atoms with Gasteiger partial charge in [0, 0.05) is 16.8 Å². The fourth-order valence-electron chi connectivity index (χ4n) is 1.86. The molecule has 0 fully saturated rings. The second-order valence-corrected chi connectivity index (χ2v) is 3.47. The number of rotatable bonds is 0. The number of benzene rings is 2. The van der Waals surface area contributed by atoms with Crippen molar-refractivity contribution in [3.8, 4) is 17.2 Å². The summed E-state index contributed by atoms with van der Waals surface area (Å²) in [6.07, 6.45) is 0. The molecule has 0 bridgehead atoms. The van der Waals surface area contributed by atoms with E-state index in [9.17, 15) is 5.11 Å². The lowest BCUT2D eigenvalue weighted by atomic mass is 10.1. The largest absolute Gasteiger partial charge is 0.507 e. The van der Waals surface area contributed by atoms with E-state index in [0.29, 0.717) is 19.0 Å². The van der Waals surface area contributed by atoms with Crippen LogP contribution in [0.2, 0.25) is 0 Å². The van der Waals surface area contributed by atoms with E-state index in [1.807, 2.05) is 24.3 Å². The van der Waals surface area contributed by atoms with Gasteiger partial charge < -0.3 is 14.6 Å². The van der Waals surface area contributed by atoms with Crippen LogP contribution in [0.3, 0.4) is 0 Å². The van der Waals surface area contributed by atoms with Crippen molar-refractivity contribution in [1.82, 2.24) is 0 Å². The van der Waals surface area contributed by atoms with E-state index < -0.39 is 0 Å². The Morgan fingerprint density at radius 3 is 2.60 bits per heavy atom. The number of phenols is 1. The second-order valence-electron chi connectivity index (χ2n) is 3.47. The molecule has 3 heteroatoms. The third-order valence-electron chi connectivity index (χ3n) is 2.53. The van der Waals surface area contributed by atoms with Gasteiger partial charge in [-0.15, -0.1) is 0 Å². The summed E-state index contributed by atoms with van der Waals surface area (Å²) >= 11 is 0. The highest BCUT2D eigenvalue weighted by atomic mass is 16.6. The molecule has 0 unspecified atom stereocenters. The zero-order valence-corrected chi connectivity index (χ0v) is 8.06. The first-order valence-corrected chi connectivity index (χ1v) is 4.86. The van der Waals surface area contributed by atoms with Gasteiger partial charge in [-0.1, -0.05) is 24.3 Å². The average molecular weight is 202 g/mol. The Morgan fingerprint density at radius 2 is 1.73 bits per heavy atom. The molecule has 0 radical (unpaired) electrons. The molecule has 1 heterocycles. The predicted octanol–water partition coefficient (Wildman–Crippen LogP) is 2.32. The summed E-state index contributed by atoms with van der Waals surface area (Å²) in [4.78, 5) is 0. The molecular formula is C12H10O3. The van der Waals surface area contributed by atoms with Gasteiger partial charge >= 0.3 is 0 Å². The van der Waals surface area contributed by atoms with E-state index in [2.05, 4.69) is 0 Å². The molecule has 0 aliphatic carbocycles. The van der Waals surface area contributed by atoms with Crippen LogP contribution in [0.4, 0.5) is 0 Å². The molecule has 1 aliphatic heterocycles. The first-order valence-electron chi connectivity index (χ1n) is 4.86. The molecular weight excluding hydrogens is 192 g/mol. The lowest BCUT2D eigenvalue weighted by molar-refractivity contribution is 0.173. The van der Waals surface area contributed by atoms with Gasteiger partial charge in [0.05, 0.1) is 0 Å². The van der Waals surface area contributed by atoms with Crippen LogP contribution in [-0.4, -0.2) is 18.3 Å². The number of hydrogen-bond donors (Lipinski definition) is 1. The van der Waals surface area contributed by atoms with Crippen LogP contribution in [0.15, 0.2) is 30.3 Å². The van der Waals surface area contributed by atoms with Crippen molar-refractivity contribution in [2.75, 3.05) is 13.2 Å². The van der Waals surface area contributed by atoms with Crippen LogP contribution in [0, 0.1) is 0 Å². The first-order chi connectivity index (χ1) is 7.36. The minimum Gasteiger partial charge on any atom is -0.507 e. The van der Waals surface area contributed by atoms with Gasteiger partial charge in [-0.05, 0) is 0 Å². The first kappa shape index (κ1) is 8.41. The van der Waals surface area contributed by atoms with E-state index in [1.54, 1.807) is 6.07 Å². The molecule has 3 nitrogen and oxygen atoms in total. The van der Waals surface area contributed by atoms with Gasteiger partial charge in [0.2, 0.25) is 0 Å². The second kappa shape index (κ2) is 3.05. The normalized spacial score (nSPS) is 14.1. The average Bonchev–Trinajstić information content (AvgIpc) is 2.30.